The Bertz CT molecular complexity index is 631. The highest BCUT2D eigenvalue weighted by molar-refractivity contribution is 5.73. The first-order valence-electron chi connectivity index (χ1n) is 9.47. The number of carbonyl (C=O) groups is 1. The summed E-state index contributed by atoms with van der Waals surface area (Å²) in [6.07, 6.45) is 11.6. The summed E-state index contributed by atoms with van der Waals surface area (Å²) in [5.74, 6) is 1.11. The number of methoxy groups -OCH3 is 1. The molecule has 25 heavy (non-hydrogen) atoms. The molecule has 2 aliphatic rings. The zero-order valence-electron chi connectivity index (χ0n) is 15.0. The minimum absolute atomic E-state index is 0.308. The summed E-state index contributed by atoms with van der Waals surface area (Å²) in [6, 6.07) is 0.788. The first-order chi connectivity index (χ1) is 12.2. The van der Waals surface area contributed by atoms with E-state index in [9.17, 15) is 9.59 Å². The molecular weight excluding hydrogens is 320 g/mol. The summed E-state index contributed by atoms with van der Waals surface area (Å²) in [5, 5.41) is 4.21. The van der Waals surface area contributed by atoms with Gasteiger partial charge < -0.3 is 9.47 Å². The van der Waals surface area contributed by atoms with Gasteiger partial charge >= 0.3 is 5.97 Å². The molecule has 6 nitrogen and oxygen atoms in total. The van der Waals surface area contributed by atoms with Gasteiger partial charge in [0.2, 0.25) is 0 Å². The van der Waals surface area contributed by atoms with E-state index in [2.05, 4.69) is 5.10 Å². The molecule has 0 aliphatic heterocycles. The smallest absolute Gasteiger partial charge is 0.330 e. The van der Waals surface area contributed by atoms with Crippen LogP contribution in [0.3, 0.4) is 0 Å². The van der Waals surface area contributed by atoms with Crippen LogP contribution >= 0.6 is 0 Å². The maximum atomic E-state index is 12.5. The van der Waals surface area contributed by atoms with E-state index in [0.29, 0.717) is 30.6 Å². The molecule has 0 aromatic carbocycles. The third-order valence-electron chi connectivity index (χ3n) is 5.56. The Morgan fingerprint density at radius 3 is 2.44 bits per heavy atom. The molecule has 6 heteroatoms. The molecule has 1 heterocycles. The molecule has 2 fully saturated rings. The van der Waals surface area contributed by atoms with Crippen molar-refractivity contribution in [3.8, 4) is 5.75 Å². The number of carbonyl (C=O) groups excluding carboxylic acids is 1. The fourth-order valence-electron chi connectivity index (χ4n) is 4.10. The van der Waals surface area contributed by atoms with Crippen LogP contribution in [-0.2, 0) is 9.53 Å². The lowest BCUT2D eigenvalue weighted by Gasteiger charge is -2.20. The second kappa shape index (κ2) is 8.50. The van der Waals surface area contributed by atoms with Gasteiger partial charge in [0.25, 0.3) is 5.56 Å². The first-order valence-corrected chi connectivity index (χ1v) is 9.47. The number of ether oxygens (including phenoxy) is 2. The molecule has 138 valence electrons. The third kappa shape index (κ3) is 4.61. The van der Waals surface area contributed by atoms with Crippen molar-refractivity contribution in [3.05, 3.63) is 22.6 Å². The van der Waals surface area contributed by atoms with Gasteiger partial charge in [0.1, 0.15) is 5.75 Å². The summed E-state index contributed by atoms with van der Waals surface area (Å²) >= 11 is 0. The molecule has 3 rings (SSSR count). The highest BCUT2D eigenvalue weighted by Gasteiger charge is 2.29. The minimum atomic E-state index is -0.649. The molecule has 0 saturated heterocycles. The van der Waals surface area contributed by atoms with Crippen molar-refractivity contribution >= 4 is 5.97 Å². The number of hydrogen-bond acceptors (Lipinski definition) is 5. The number of rotatable bonds is 7. The average Bonchev–Trinajstić information content (AvgIpc) is 3.31. The Labute approximate surface area is 148 Å². The highest BCUT2D eigenvalue weighted by Crippen LogP contribution is 2.32. The summed E-state index contributed by atoms with van der Waals surface area (Å²) in [5.41, 5.74) is -0.308. The zero-order chi connectivity index (χ0) is 17.6. The van der Waals surface area contributed by atoms with Crippen LogP contribution in [0.5, 0.6) is 5.75 Å². The largest absolute Gasteiger partial charge is 0.491 e. The van der Waals surface area contributed by atoms with Crippen LogP contribution in [-0.4, -0.2) is 29.5 Å². The van der Waals surface area contributed by atoms with Crippen molar-refractivity contribution < 1.29 is 14.3 Å². The zero-order valence-corrected chi connectivity index (χ0v) is 15.0. The standard InChI is InChI=1S/C19H28N2O4/c1-24-19(23)17(10-14-6-2-3-7-14)21-18(22)11-16(12-20-21)25-13-15-8-4-5-9-15/h11-12,14-15,17H,2-10,13H2,1H3. The molecule has 0 radical (unpaired) electrons. The lowest BCUT2D eigenvalue weighted by molar-refractivity contribution is -0.145. The van der Waals surface area contributed by atoms with Crippen LogP contribution in [0.4, 0.5) is 0 Å². The molecule has 2 saturated carbocycles. The van der Waals surface area contributed by atoms with Crippen LogP contribution in [0.1, 0.15) is 63.8 Å². The number of nitrogens with zero attached hydrogens (tertiary/aromatic N) is 2. The molecule has 1 atom stereocenters. The minimum Gasteiger partial charge on any atom is -0.491 e. The van der Waals surface area contributed by atoms with Gasteiger partial charge in [-0.2, -0.15) is 5.10 Å². The maximum Gasteiger partial charge on any atom is 0.330 e. The topological polar surface area (TPSA) is 70.4 Å². The van der Waals surface area contributed by atoms with E-state index in [1.807, 2.05) is 0 Å². The SMILES string of the molecule is COC(=O)C(CC1CCCC1)n1ncc(OCC2CCCC2)cc1=O. The molecule has 1 unspecified atom stereocenters. The van der Waals surface area contributed by atoms with Gasteiger partial charge in [0, 0.05) is 6.07 Å². The van der Waals surface area contributed by atoms with E-state index in [4.69, 9.17) is 9.47 Å². The molecule has 0 bridgehead atoms. The van der Waals surface area contributed by atoms with Crippen LogP contribution in [0.2, 0.25) is 0 Å². The quantitative estimate of drug-likeness (QED) is 0.708. The first kappa shape index (κ1) is 18.0. The van der Waals surface area contributed by atoms with Crippen LogP contribution < -0.4 is 10.3 Å². The number of hydrogen-bond donors (Lipinski definition) is 0. The van der Waals surface area contributed by atoms with E-state index >= 15 is 0 Å². The van der Waals surface area contributed by atoms with Gasteiger partial charge in [-0.3, -0.25) is 4.79 Å². The van der Waals surface area contributed by atoms with Crippen molar-refractivity contribution in [2.24, 2.45) is 11.8 Å². The van der Waals surface area contributed by atoms with E-state index < -0.39 is 12.0 Å². The Kier molecular flexibility index (Phi) is 6.10. The monoisotopic (exact) mass is 348 g/mol. The third-order valence-corrected chi connectivity index (χ3v) is 5.56. The van der Waals surface area contributed by atoms with Crippen molar-refractivity contribution in [1.29, 1.82) is 0 Å². The van der Waals surface area contributed by atoms with E-state index in [1.165, 1.54) is 56.4 Å². The van der Waals surface area contributed by atoms with Crippen LogP contribution in [0, 0.1) is 11.8 Å². The van der Waals surface area contributed by atoms with Gasteiger partial charge in [0.05, 0.1) is 19.9 Å². The van der Waals surface area contributed by atoms with Crippen LogP contribution in [0.15, 0.2) is 17.1 Å². The molecule has 1 aromatic rings. The predicted octanol–water partition coefficient (Wildman–Crippen LogP) is 3.11. The number of aromatic nitrogens is 2. The van der Waals surface area contributed by atoms with Crippen LogP contribution in [0.25, 0.3) is 0 Å². The molecule has 0 spiro atoms. The predicted molar refractivity (Wildman–Crippen MR) is 93.6 cm³/mol. The van der Waals surface area contributed by atoms with Gasteiger partial charge in [0.15, 0.2) is 6.04 Å². The lowest BCUT2D eigenvalue weighted by Crippen LogP contribution is -2.33. The maximum absolute atomic E-state index is 12.5. The summed E-state index contributed by atoms with van der Waals surface area (Å²) in [6.45, 7) is 0.633. The fraction of sp³-hybridized carbons (Fsp3) is 0.737. The van der Waals surface area contributed by atoms with Gasteiger partial charge in [-0.15, -0.1) is 0 Å². The second-order valence-corrected chi connectivity index (χ2v) is 7.36. The Morgan fingerprint density at radius 1 is 1.20 bits per heavy atom. The van der Waals surface area contributed by atoms with Crippen molar-refractivity contribution in [2.45, 2.75) is 63.8 Å². The molecule has 0 amide bonds. The lowest BCUT2D eigenvalue weighted by atomic mass is 9.98. The van der Waals surface area contributed by atoms with Gasteiger partial charge in [-0.05, 0) is 31.1 Å². The second-order valence-electron chi connectivity index (χ2n) is 7.36. The van der Waals surface area contributed by atoms with E-state index in [1.54, 1.807) is 6.20 Å². The summed E-state index contributed by atoms with van der Waals surface area (Å²) < 4.78 is 11.9. The Hall–Kier alpha value is -1.85. The molecule has 1 aromatic heterocycles. The average molecular weight is 348 g/mol. The Balaban J connectivity index is 1.69. The summed E-state index contributed by atoms with van der Waals surface area (Å²) in [4.78, 5) is 24.7. The molecule has 0 N–H and O–H groups in total. The van der Waals surface area contributed by atoms with E-state index in [0.717, 1.165) is 12.8 Å². The summed E-state index contributed by atoms with van der Waals surface area (Å²) in [7, 11) is 1.36. The Morgan fingerprint density at radius 2 is 1.84 bits per heavy atom. The van der Waals surface area contributed by atoms with Crippen molar-refractivity contribution in [3.63, 3.8) is 0 Å². The molecule has 2 aliphatic carbocycles. The normalized spacial score (nSPS) is 19.9. The highest BCUT2D eigenvalue weighted by atomic mass is 16.5. The van der Waals surface area contributed by atoms with Gasteiger partial charge in [-0.25, -0.2) is 9.48 Å². The number of esters is 1. The van der Waals surface area contributed by atoms with Crippen molar-refractivity contribution in [1.82, 2.24) is 9.78 Å². The van der Waals surface area contributed by atoms with Gasteiger partial charge in [-0.1, -0.05) is 38.5 Å². The fourth-order valence-corrected chi connectivity index (χ4v) is 4.10. The molecular formula is C19H28N2O4. The van der Waals surface area contributed by atoms with Crippen molar-refractivity contribution in [2.75, 3.05) is 13.7 Å². The van der Waals surface area contributed by atoms with E-state index in [-0.39, 0.29) is 5.56 Å².